The lowest BCUT2D eigenvalue weighted by atomic mass is 9.76. The summed E-state index contributed by atoms with van der Waals surface area (Å²) in [6.45, 7) is 0.416. The van der Waals surface area contributed by atoms with Crippen molar-refractivity contribution in [1.29, 1.82) is 0 Å². The average molecular weight is 537 g/mol. The third-order valence-corrected chi connectivity index (χ3v) is 7.30. The fourth-order valence-corrected chi connectivity index (χ4v) is 5.69. The zero-order valence-corrected chi connectivity index (χ0v) is 20.9. The van der Waals surface area contributed by atoms with Gasteiger partial charge in [0.2, 0.25) is 0 Å². The number of rotatable bonds is 7. The van der Waals surface area contributed by atoms with Crippen LogP contribution >= 0.6 is 15.9 Å². The second-order valence-corrected chi connectivity index (χ2v) is 9.47. The van der Waals surface area contributed by atoms with Crippen molar-refractivity contribution < 1.29 is 19.1 Å². The summed E-state index contributed by atoms with van der Waals surface area (Å²) in [7, 11) is 3.20. The van der Waals surface area contributed by atoms with Crippen LogP contribution in [0.1, 0.15) is 35.1 Å². The number of allylic oxidation sites excluding steroid dienone is 2. The fraction of sp³-hybridized carbons (Fsp3) is 0.259. The number of anilines is 1. The smallest absolute Gasteiger partial charge is 0.275 e. The first-order valence-electron chi connectivity index (χ1n) is 11.3. The molecule has 1 aliphatic heterocycles. The summed E-state index contributed by atoms with van der Waals surface area (Å²) >= 11 is 3.68. The topological polar surface area (TPSA) is 82.9 Å². The van der Waals surface area contributed by atoms with E-state index in [0.717, 1.165) is 22.0 Å². The molecule has 5 rings (SSSR count). The highest BCUT2D eigenvalue weighted by Gasteiger charge is 2.43. The quantitative estimate of drug-likeness (QED) is 0.203. The molecule has 7 nitrogen and oxygen atoms in total. The first-order valence-corrected chi connectivity index (χ1v) is 12.1. The minimum atomic E-state index is -0.317. The molecule has 35 heavy (non-hydrogen) atoms. The molecule has 3 atom stereocenters. The number of methoxy groups -OCH3 is 2. The van der Waals surface area contributed by atoms with Gasteiger partial charge < -0.3 is 19.5 Å². The second-order valence-electron chi connectivity index (χ2n) is 8.62. The predicted molar refractivity (Wildman–Crippen MR) is 137 cm³/mol. The summed E-state index contributed by atoms with van der Waals surface area (Å²) in [5.41, 5.74) is 3.51. The van der Waals surface area contributed by atoms with Gasteiger partial charge in [0.25, 0.3) is 5.69 Å². The van der Waals surface area contributed by atoms with E-state index in [1.165, 1.54) is 6.07 Å². The van der Waals surface area contributed by atoms with Crippen LogP contribution in [-0.2, 0) is 6.61 Å². The maximum atomic E-state index is 11.8. The molecule has 1 heterocycles. The number of nitro benzene ring substituents is 1. The summed E-state index contributed by atoms with van der Waals surface area (Å²) < 4.78 is 18.2. The first-order chi connectivity index (χ1) is 17.0. The van der Waals surface area contributed by atoms with E-state index in [4.69, 9.17) is 14.2 Å². The van der Waals surface area contributed by atoms with Crippen molar-refractivity contribution in [2.45, 2.75) is 25.0 Å². The first kappa shape index (κ1) is 23.2. The van der Waals surface area contributed by atoms with E-state index in [1.54, 1.807) is 20.3 Å². The van der Waals surface area contributed by atoms with Gasteiger partial charge in [-0.05, 0) is 57.6 Å². The Morgan fingerprint density at radius 3 is 2.57 bits per heavy atom. The molecule has 0 amide bonds. The van der Waals surface area contributed by atoms with Gasteiger partial charge in [-0.1, -0.05) is 42.5 Å². The summed E-state index contributed by atoms with van der Waals surface area (Å²) in [6, 6.07) is 17.0. The molecule has 8 heteroatoms. The van der Waals surface area contributed by atoms with Crippen LogP contribution in [0.2, 0.25) is 0 Å². The molecular weight excluding hydrogens is 512 g/mol. The molecule has 2 aliphatic rings. The normalized spacial score (nSPS) is 19.9. The molecule has 0 spiro atoms. The molecule has 1 aliphatic carbocycles. The average Bonchev–Trinajstić information content (AvgIpc) is 3.37. The maximum Gasteiger partial charge on any atom is 0.275 e. The molecule has 1 N–H and O–H groups in total. The molecule has 0 aromatic heterocycles. The molecule has 0 fully saturated rings. The minimum absolute atomic E-state index is 0.0921. The van der Waals surface area contributed by atoms with Gasteiger partial charge in [-0.3, -0.25) is 10.1 Å². The second kappa shape index (κ2) is 9.62. The number of fused-ring (bicyclic) bond motifs is 3. The molecular formula is C27H25BrN2O5. The summed E-state index contributed by atoms with van der Waals surface area (Å²) in [5, 5.41) is 15.4. The third-order valence-electron chi connectivity index (χ3n) is 6.71. The van der Waals surface area contributed by atoms with Crippen molar-refractivity contribution in [2.24, 2.45) is 5.92 Å². The Labute approximate surface area is 212 Å². The maximum absolute atomic E-state index is 11.8. The van der Waals surface area contributed by atoms with Crippen LogP contribution in [0.4, 0.5) is 11.4 Å². The van der Waals surface area contributed by atoms with Crippen LogP contribution in [0.15, 0.2) is 71.2 Å². The zero-order chi connectivity index (χ0) is 24.5. The molecule has 0 saturated carbocycles. The fourth-order valence-electron chi connectivity index (χ4n) is 5.11. The highest BCUT2D eigenvalue weighted by atomic mass is 79.9. The zero-order valence-electron chi connectivity index (χ0n) is 19.4. The van der Waals surface area contributed by atoms with Crippen molar-refractivity contribution >= 4 is 27.3 Å². The number of benzene rings is 3. The van der Waals surface area contributed by atoms with E-state index in [1.807, 2.05) is 42.5 Å². The monoisotopic (exact) mass is 536 g/mol. The van der Waals surface area contributed by atoms with Crippen LogP contribution in [0.25, 0.3) is 0 Å². The SMILES string of the molecule is COc1ccc([N+](=O)[O-])c2c1N[C@H](c1cc(Br)c(OCc3ccccc3)c(OC)c1)[C@@H]1CC=C[C@@H]21. The van der Waals surface area contributed by atoms with Crippen LogP contribution in [0.5, 0.6) is 17.2 Å². The Morgan fingerprint density at radius 1 is 1.09 bits per heavy atom. The van der Waals surface area contributed by atoms with E-state index in [9.17, 15) is 10.1 Å². The highest BCUT2D eigenvalue weighted by molar-refractivity contribution is 9.10. The Balaban J connectivity index is 1.53. The molecule has 3 aromatic carbocycles. The minimum Gasteiger partial charge on any atom is -0.495 e. The number of nitrogens with one attached hydrogen (secondary N) is 1. The van der Waals surface area contributed by atoms with Crippen LogP contribution in [0, 0.1) is 16.0 Å². The van der Waals surface area contributed by atoms with Gasteiger partial charge in [-0.15, -0.1) is 0 Å². The number of halogens is 1. The Kier molecular flexibility index (Phi) is 6.38. The standard InChI is InChI=1S/C27H25BrN2O5/c1-33-22-12-11-21(30(31)32)24-18-9-6-10-19(18)25(29-26(22)24)17-13-20(28)27(23(14-17)34-2)35-15-16-7-4-3-5-8-16/h3-9,11-14,18-19,25,29H,10,15H2,1-2H3/t18-,19-,25-/m1/s1. The van der Waals surface area contributed by atoms with Crippen molar-refractivity contribution in [3.8, 4) is 17.2 Å². The van der Waals surface area contributed by atoms with E-state index >= 15 is 0 Å². The molecule has 0 saturated heterocycles. The van der Waals surface area contributed by atoms with Gasteiger partial charge >= 0.3 is 0 Å². The van der Waals surface area contributed by atoms with Crippen molar-refractivity contribution in [3.05, 3.63) is 98.0 Å². The number of hydrogen-bond acceptors (Lipinski definition) is 6. The Morgan fingerprint density at radius 2 is 1.86 bits per heavy atom. The molecule has 180 valence electrons. The van der Waals surface area contributed by atoms with Gasteiger partial charge in [0, 0.05) is 12.0 Å². The van der Waals surface area contributed by atoms with Gasteiger partial charge in [0.1, 0.15) is 12.4 Å². The van der Waals surface area contributed by atoms with Gasteiger partial charge in [0.05, 0.1) is 40.9 Å². The summed E-state index contributed by atoms with van der Waals surface area (Å²) in [4.78, 5) is 11.5. The number of ether oxygens (including phenoxy) is 3. The number of nitrogens with zero attached hydrogens (tertiary/aromatic N) is 1. The van der Waals surface area contributed by atoms with E-state index in [2.05, 4.69) is 33.4 Å². The van der Waals surface area contributed by atoms with Crippen molar-refractivity contribution in [2.75, 3.05) is 19.5 Å². The van der Waals surface area contributed by atoms with Crippen LogP contribution in [0.3, 0.4) is 0 Å². The third kappa shape index (κ3) is 4.23. The molecule has 3 aromatic rings. The lowest BCUT2D eigenvalue weighted by molar-refractivity contribution is -0.385. The lowest BCUT2D eigenvalue weighted by Gasteiger charge is -2.38. The molecule has 0 bridgehead atoms. The Bertz CT molecular complexity index is 1290. The summed E-state index contributed by atoms with van der Waals surface area (Å²) in [5.74, 6) is 1.85. The number of nitro groups is 1. The van der Waals surface area contributed by atoms with Crippen molar-refractivity contribution in [3.63, 3.8) is 0 Å². The van der Waals surface area contributed by atoms with Gasteiger partial charge in [0.15, 0.2) is 11.5 Å². The van der Waals surface area contributed by atoms with Crippen LogP contribution in [-0.4, -0.2) is 19.1 Å². The molecule has 0 radical (unpaired) electrons. The largest absolute Gasteiger partial charge is 0.495 e. The Hall–Kier alpha value is -3.52. The van der Waals surface area contributed by atoms with E-state index in [0.29, 0.717) is 35.1 Å². The lowest BCUT2D eigenvalue weighted by Crippen LogP contribution is -2.30. The highest BCUT2D eigenvalue weighted by Crippen LogP contribution is 2.55. The van der Waals surface area contributed by atoms with E-state index < -0.39 is 0 Å². The summed E-state index contributed by atoms with van der Waals surface area (Å²) in [6.07, 6.45) is 4.99. The van der Waals surface area contributed by atoms with Gasteiger partial charge in [-0.2, -0.15) is 0 Å². The van der Waals surface area contributed by atoms with Crippen LogP contribution < -0.4 is 19.5 Å². The molecule has 0 unspecified atom stereocenters. The van der Waals surface area contributed by atoms with E-state index in [-0.39, 0.29) is 28.5 Å². The van der Waals surface area contributed by atoms with Gasteiger partial charge in [-0.25, -0.2) is 0 Å². The number of hydrogen-bond donors (Lipinski definition) is 1. The van der Waals surface area contributed by atoms with Crippen molar-refractivity contribution in [1.82, 2.24) is 0 Å². The predicted octanol–water partition coefficient (Wildman–Crippen LogP) is 6.78.